The van der Waals surface area contributed by atoms with Gasteiger partial charge in [-0.3, -0.25) is 9.91 Å². The van der Waals surface area contributed by atoms with E-state index in [0.29, 0.717) is 11.5 Å². The topological polar surface area (TPSA) is 84.5 Å². The molecule has 1 rings (SSSR count). The van der Waals surface area contributed by atoms with E-state index in [0.717, 1.165) is 0 Å². The van der Waals surface area contributed by atoms with E-state index in [1.807, 2.05) is 25.1 Å². The summed E-state index contributed by atoms with van der Waals surface area (Å²) in [6.07, 6.45) is 3.65. The number of nitrogens with zero attached hydrogens (tertiary/aromatic N) is 2. The van der Waals surface area contributed by atoms with Crippen LogP contribution in [0.2, 0.25) is 0 Å². The summed E-state index contributed by atoms with van der Waals surface area (Å²) in [7, 11) is 3.84. The lowest BCUT2D eigenvalue weighted by Crippen LogP contribution is -2.51. The van der Waals surface area contributed by atoms with Crippen LogP contribution in [0.1, 0.15) is 0 Å². The van der Waals surface area contributed by atoms with Crippen molar-refractivity contribution in [2.45, 2.75) is 6.17 Å². The fourth-order valence-corrected chi connectivity index (χ4v) is 1.08. The van der Waals surface area contributed by atoms with Crippen molar-refractivity contribution < 1.29 is 0 Å². The van der Waals surface area contributed by atoms with Gasteiger partial charge in [-0.2, -0.15) is 0 Å². The van der Waals surface area contributed by atoms with Gasteiger partial charge in [0, 0.05) is 0 Å². The summed E-state index contributed by atoms with van der Waals surface area (Å²) in [5.74, 6) is 6.10. The van der Waals surface area contributed by atoms with Crippen LogP contribution in [0.3, 0.4) is 0 Å². The Morgan fingerprint density at radius 3 is 2.50 bits per heavy atom. The molecule has 0 amide bonds. The predicted molar refractivity (Wildman–Crippen MR) is 48.0 cm³/mol. The molecule has 5 heteroatoms. The summed E-state index contributed by atoms with van der Waals surface area (Å²) in [5, 5.41) is 1.44. The predicted octanol–water partition coefficient (Wildman–Crippen LogP) is -1.29. The molecule has 1 atom stereocenters. The van der Waals surface area contributed by atoms with Gasteiger partial charge in [0.1, 0.15) is 12.0 Å². The van der Waals surface area contributed by atoms with Gasteiger partial charge in [0.15, 0.2) is 0 Å². The van der Waals surface area contributed by atoms with Crippen LogP contribution in [-0.2, 0) is 0 Å². The molecule has 12 heavy (non-hydrogen) atoms. The van der Waals surface area contributed by atoms with Crippen LogP contribution in [0.5, 0.6) is 0 Å². The number of hydrogen-bond acceptors (Lipinski definition) is 5. The van der Waals surface area contributed by atoms with Crippen molar-refractivity contribution in [3.63, 3.8) is 0 Å². The zero-order valence-electron chi connectivity index (χ0n) is 7.36. The van der Waals surface area contributed by atoms with Crippen molar-refractivity contribution >= 4 is 0 Å². The summed E-state index contributed by atoms with van der Waals surface area (Å²) < 4.78 is 0. The van der Waals surface area contributed by atoms with Gasteiger partial charge in [0.05, 0.1) is 5.70 Å². The SMILES string of the molecule is CN(C)C1C=CC(N)=C(N)N1N. The zero-order valence-corrected chi connectivity index (χ0v) is 7.36. The third-order valence-corrected chi connectivity index (χ3v) is 1.84. The maximum Gasteiger partial charge on any atom is 0.138 e. The van der Waals surface area contributed by atoms with E-state index < -0.39 is 0 Å². The maximum atomic E-state index is 5.69. The van der Waals surface area contributed by atoms with Crippen LogP contribution in [-0.4, -0.2) is 30.2 Å². The van der Waals surface area contributed by atoms with Crippen molar-refractivity contribution in [1.29, 1.82) is 0 Å². The number of allylic oxidation sites excluding steroid dienone is 1. The molecule has 0 spiro atoms. The lowest BCUT2D eigenvalue weighted by molar-refractivity contribution is 0.147. The van der Waals surface area contributed by atoms with E-state index in [1.165, 1.54) is 5.01 Å². The molecule has 1 aliphatic heterocycles. The zero-order chi connectivity index (χ0) is 9.30. The highest BCUT2D eigenvalue weighted by Crippen LogP contribution is 2.11. The molecule has 1 heterocycles. The molecule has 0 aliphatic carbocycles. The van der Waals surface area contributed by atoms with Gasteiger partial charge >= 0.3 is 0 Å². The second kappa shape index (κ2) is 3.04. The maximum absolute atomic E-state index is 5.69. The molecule has 6 N–H and O–H groups in total. The van der Waals surface area contributed by atoms with Gasteiger partial charge in [-0.05, 0) is 26.2 Å². The van der Waals surface area contributed by atoms with Crippen LogP contribution in [0, 0.1) is 0 Å². The Morgan fingerprint density at radius 2 is 2.00 bits per heavy atom. The first-order chi connectivity index (χ1) is 5.54. The van der Waals surface area contributed by atoms with E-state index >= 15 is 0 Å². The molecule has 1 aliphatic rings. The first-order valence-electron chi connectivity index (χ1n) is 3.68. The average molecular weight is 169 g/mol. The van der Waals surface area contributed by atoms with Gasteiger partial charge < -0.3 is 11.5 Å². The van der Waals surface area contributed by atoms with Crippen molar-refractivity contribution in [1.82, 2.24) is 9.91 Å². The molecule has 0 aromatic carbocycles. The van der Waals surface area contributed by atoms with E-state index in [-0.39, 0.29) is 6.17 Å². The van der Waals surface area contributed by atoms with Crippen molar-refractivity contribution in [3.8, 4) is 0 Å². The Balaban J connectivity index is 2.85. The Bertz CT molecular complexity index is 230. The molecule has 0 aromatic heterocycles. The van der Waals surface area contributed by atoms with Crippen LogP contribution in [0.25, 0.3) is 0 Å². The highest BCUT2D eigenvalue weighted by Gasteiger charge is 2.20. The van der Waals surface area contributed by atoms with E-state index in [4.69, 9.17) is 17.3 Å². The van der Waals surface area contributed by atoms with E-state index in [9.17, 15) is 0 Å². The van der Waals surface area contributed by atoms with Gasteiger partial charge in [0.25, 0.3) is 0 Å². The molecule has 0 bridgehead atoms. The fourth-order valence-electron chi connectivity index (χ4n) is 1.08. The van der Waals surface area contributed by atoms with Crippen LogP contribution in [0.4, 0.5) is 0 Å². The molecule has 0 fully saturated rings. The number of nitrogens with two attached hydrogens (primary N) is 3. The Kier molecular flexibility index (Phi) is 2.25. The minimum absolute atomic E-state index is 0.0164. The Hall–Kier alpha value is -1.20. The highest BCUT2D eigenvalue weighted by molar-refractivity contribution is 5.25. The van der Waals surface area contributed by atoms with Crippen molar-refractivity contribution in [3.05, 3.63) is 23.7 Å². The highest BCUT2D eigenvalue weighted by atomic mass is 15.5. The third-order valence-electron chi connectivity index (χ3n) is 1.84. The van der Waals surface area contributed by atoms with Crippen LogP contribution in [0.15, 0.2) is 23.7 Å². The minimum Gasteiger partial charge on any atom is -0.396 e. The summed E-state index contributed by atoms with van der Waals surface area (Å²) in [6, 6.07) is 0. The monoisotopic (exact) mass is 169 g/mol. The van der Waals surface area contributed by atoms with Crippen LogP contribution < -0.4 is 17.3 Å². The van der Waals surface area contributed by atoms with Crippen molar-refractivity contribution in [2.75, 3.05) is 14.1 Å². The summed E-state index contributed by atoms with van der Waals surface area (Å²) in [5.41, 5.74) is 11.7. The molecule has 0 aromatic rings. The summed E-state index contributed by atoms with van der Waals surface area (Å²) in [4.78, 5) is 1.94. The molecular formula is C7H15N5. The normalized spacial score (nSPS) is 24.0. The number of hydrazine groups is 1. The molecule has 0 radical (unpaired) electrons. The van der Waals surface area contributed by atoms with E-state index in [2.05, 4.69) is 0 Å². The minimum atomic E-state index is -0.0164. The lowest BCUT2D eigenvalue weighted by Gasteiger charge is -2.34. The third kappa shape index (κ3) is 1.37. The largest absolute Gasteiger partial charge is 0.396 e. The van der Waals surface area contributed by atoms with Gasteiger partial charge in [-0.15, -0.1) is 0 Å². The average Bonchev–Trinajstić information content (AvgIpc) is 2.00. The number of rotatable bonds is 1. The van der Waals surface area contributed by atoms with Gasteiger partial charge in [0.2, 0.25) is 0 Å². The standard InChI is InChI=1S/C7H15N5/c1-11(2)6-4-3-5(8)7(9)12(6)10/h3-4,6H,8-10H2,1-2H3. The smallest absolute Gasteiger partial charge is 0.138 e. The lowest BCUT2D eigenvalue weighted by atomic mass is 10.2. The first kappa shape index (κ1) is 8.89. The first-order valence-corrected chi connectivity index (χ1v) is 3.68. The molecular weight excluding hydrogens is 154 g/mol. The second-order valence-corrected chi connectivity index (χ2v) is 2.98. The van der Waals surface area contributed by atoms with Crippen LogP contribution >= 0.6 is 0 Å². The molecule has 5 nitrogen and oxygen atoms in total. The second-order valence-electron chi connectivity index (χ2n) is 2.98. The van der Waals surface area contributed by atoms with Gasteiger partial charge in [-0.25, -0.2) is 5.84 Å². The quantitative estimate of drug-likeness (QED) is 0.425. The summed E-state index contributed by atoms with van der Waals surface area (Å²) >= 11 is 0. The fraction of sp³-hybridized carbons (Fsp3) is 0.429. The molecule has 0 saturated heterocycles. The Morgan fingerprint density at radius 1 is 1.42 bits per heavy atom. The molecule has 1 unspecified atom stereocenters. The number of likely N-dealkylation sites (N-methyl/N-ethyl adjacent to an activating group) is 1. The number of hydrogen-bond donors (Lipinski definition) is 3. The van der Waals surface area contributed by atoms with Gasteiger partial charge in [-0.1, -0.05) is 0 Å². The Labute approximate surface area is 72.1 Å². The van der Waals surface area contributed by atoms with E-state index in [1.54, 1.807) is 6.08 Å². The molecule has 0 saturated carbocycles. The molecule has 68 valence electrons. The van der Waals surface area contributed by atoms with Crippen molar-refractivity contribution in [2.24, 2.45) is 17.3 Å². The summed E-state index contributed by atoms with van der Waals surface area (Å²) in [6.45, 7) is 0.